The molecule has 1 heteroatoms. The van der Waals surface area contributed by atoms with Crippen molar-refractivity contribution in [3.63, 3.8) is 0 Å². The van der Waals surface area contributed by atoms with Gasteiger partial charge < -0.3 is 4.74 Å². The molecular formula is C14H18O. The molecule has 15 heavy (non-hydrogen) atoms. The van der Waals surface area contributed by atoms with Crippen molar-refractivity contribution in [1.82, 2.24) is 0 Å². The van der Waals surface area contributed by atoms with Crippen molar-refractivity contribution in [2.24, 2.45) is 0 Å². The Balaban J connectivity index is 2.53. The van der Waals surface area contributed by atoms with Crippen LogP contribution in [-0.2, 0) is 0 Å². The van der Waals surface area contributed by atoms with Crippen LogP contribution in [0.5, 0.6) is 5.75 Å². The van der Waals surface area contributed by atoms with E-state index < -0.39 is 0 Å². The van der Waals surface area contributed by atoms with E-state index in [9.17, 15) is 0 Å². The van der Waals surface area contributed by atoms with E-state index in [0.29, 0.717) is 6.61 Å². The minimum Gasteiger partial charge on any atom is -0.490 e. The van der Waals surface area contributed by atoms with E-state index in [-0.39, 0.29) is 0 Å². The van der Waals surface area contributed by atoms with E-state index in [0.717, 1.165) is 5.75 Å². The highest BCUT2D eigenvalue weighted by molar-refractivity contribution is 5.50. The highest BCUT2D eigenvalue weighted by Crippen LogP contribution is 2.13. The van der Waals surface area contributed by atoms with Gasteiger partial charge in [-0.2, -0.15) is 0 Å². The van der Waals surface area contributed by atoms with Crippen molar-refractivity contribution in [1.29, 1.82) is 0 Å². The van der Waals surface area contributed by atoms with E-state index in [4.69, 9.17) is 4.74 Å². The van der Waals surface area contributed by atoms with Gasteiger partial charge in [0, 0.05) is 0 Å². The SMILES string of the molecule is C/C=C/c1ccc(OCC=C(C)C)cc1. The molecule has 0 atom stereocenters. The maximum atomic E-state index is 5.55. The third kappa shape index (κ3) is 4.50. The van der Waals surface area contributed by atoms with Crippen molar-refractivity contribution in [3.8, 4) is 5.75 Å². The number of benzene rings is 1. The molecule has 0 amide bonds. The second kappa shape index (κ2) is 6.07. The van der Waals surface area contributed by atoms with E-state index in [1.807, 2.05) is 25.1 Å². The first kappa shape index (κ1) is 11.6. The zero-order chi connectivity index (χ0) is 11.1. The van der Waals surface area contributed by atoms with Gasteiger partial charge in [-0.1, -0.05) is 29.9 Å². The van der Waals surface area contributed by atoms with Crippen molar-refractivity contribution in [2.75, 3.05) is 6.61 Å². The molecular weight excluding hydrogens is 184 g/mol. The molecule has 0 N–H and O–H groups in total. The third-order valence-electron chi connectivity index (χ3n) is 1.98. The van der Waals surface area contributed by atoms with Gasteiger partial charge in [-0.3, -0.25) is 0 Å². The van der Waals surface area contributed by atoms with Crippen molar-refractivity contribution in [2.45, 2.75) is 20.8 Å². The fourth-order valence-corrected chi connectivity index (χ4v) is 1.17. The Hall–Kier alpha value is -1.50. The number of rotatable bonds is 4. The summed E-state index contributed by atoms with van der Waals surface area (Å²) in [6.07, 6.45) is 6.17. The molecule has 0 aliphatic carbocycles. The molecule has 0 saturated heterocycles. The lowest BCUT2D eigenvalue weighted by Gasteiger charge is -2.03. The quantitative estimate of drug-likeness (QED) is 0.669. The van der Waals surface area contributed by atoms with E-state index in [1.165, 1.54) is 11.1 Å². The molecule has 0 unspecified atom stereocenters. The van der Waals surface area contributed by atoms with Gasteiger partial charge in [-0.05, 0) is 44.5 Å². The van der Waals surface area contributed by atoms with Crippen LogP contribution in [0.25, 0.3) is 6.08 Å². The van der Waals surface area contributed by atoms with Gasteiger partial charge in [-0.15, -0.1) is 0 Å². The van der Waals surface area contributed by atoms with Crippen LogP contribution in [-0.4, -0.2) is 6.61 Å². The lowest BCUT2D eigenvalue weighted by molar-refractivity contribution is 0.362. The number of allylic oxidation sites excluding steroid dienone is 2. The van der Waals surface area contributed by atoms with Crippen LogP contribution < -0.4 is 4.74 Å². The predicted octanol–water partition coefficient (Wildman–Crippen LogP) is 4.06. The summed E-state index contributed by atoms with van der Waals surface area (Å²) in [5, 5.41) is 0. The molecule has 1 rings (SSSR count). The summed E-state index contributed by atoms with van der Waals surface area (Å²) in [7, 11) is 0. The standard InChI is InChI=1S/C14H18O/c1-4-5-13-6-8-14(9-7-13)15-11-10-12(2)3/h4-10H,11H2,1-3H3/b5-4+. The maximum absolute atomic E-state index is 5.55. The molecule has 0 aliphatic heterocycles. The van der Waals surface area contributed by atoms with Crippen molar-refractivity contribution >= 4 is 6.08 Å². The Morgan fingerprint density at radius 1 is 1.20 bits per heavy atom. The van der Waals surface area contributed by atoms with Crippen LogP contribution in [0.15, 0.2) is 42.0 Å². The smallest absolute Gasteiger partial charge is 0.119 e. The number of ether oxygens (including phenoxy) is 1. The van der Waals surface area contributed by atoms with Crippen LogP contribution in [0.3, 0.4) is 0 Å². The summed E-state index contributed by atoms with van der Waals surface area (Å²) in [4.78, 5) is 0. The zero-order valence-electron chi connectivity index (χ0n) is 9.66. The normalized spacial score (nSPS) is 10.3. The first-order valence-electron chi connectivity index (χ1n) is 5.21. The zero-order valence-corrected chi connectivity index (χ0v) is 9.66. The topological polar surface area (TPSA) is 9.23 Å². The van der Waals surface area contributed by atoms with Gasteiger partial charge >= 0.3 is 0 Å². The molecule has 0 fully saturated rings. The Labute approximate surface area is 92.1 Å². The number of hydrogen-bond donors (Lipinski definition) is 0. The van der Waals surface area contributed by atoms with Gasteiger partial charge in [0.05, 0.1) is 0 Å². The molecule has 0 aromatic heterocycles. The van der Waals surface area contributed by atoms with Gasteiger partial charge in [0.1, 0.15) is 12.4 Å². The summed E-state index contributed by atoms with van der Waals surface area (Å²) in [5.74, 6) is 0.917. The summed E-state index contributed by atoms with van der Waals surface area (Å²) in [6, 6.07) is 8.10. The highest BCUT2D eigenvalue weighted by Gasteiger charge is 1.91. The minimum atomic E-state index is 0.644. The van der Waals surface area contributed by atoms with Crippen molar-refractivity contribution < 1.29 is 4.74 Å². The highest BCUT2D eigenvalue weighted by atomic mass is 16.5. The molecule has 1 nitrogen and oxygen atoms in total. The van der Waals surface area contributed by atoms with Crippen LogP contribution in [0.1, 0.15) is 26.3 Å². The lowest BCUT2D eigenvalue weighted by Crippen LogP contribution is -1.93. The predicted molar refractivity (Wildman–Crippen MR) is 66.1 cm³/mol. The van der Waals surface area contributed by atoms with Gasteiger partial charge in [-0.25, -0.2) is 0 Å². The van der Waals surface area contributed by atoms with E-state index in [1.54, 1.807) is 0 Å². The summed E-state index contributed by atoms with van der Waals surface area (Å²) in [6.45, 7) is 6.79. The van der Waals surface area contributed by atoms with Crippen molar-refractivity contribution in [3.05, 3.63) is 47.6 Å². The summed E-state index contributed by atoms with van der Waals surface area (Å²) < 4.78 is 5.55. The molecule has 0 saturated carbocycles. The Morgan fingerprint density at radius 3 is 2.40 bits per heavy atom. The minimum absolute atomic E-state index is 0.644. The van der Waals surface area contributed by atoms with Crippen LogP contribution in [0.2, 0.25) is 0 Å². The van der Waals surface area contributed by atoms with Crippen LogP contribution >= 0.6 is 0 Å². The maximum Gasteiger partial charge on any atom is 0.119 e. The number of hydrogen-bond acceptors (Lipinski definition) is 1. The molecule has 0 bridgehead atoms. The fraction of sp³-hybridized carbons (Fsp3) is 0.286. The molecule has 80 valence electrons. The molecule has 0 radical (unpaired) electrons. The van der Waals surface area contributed by atoms with Crippen LogP contribution in [0.4, 0.5) is 0 Å². The molecule has 0 aliphatic rings. The Morgan fingerprint density at radius 2 is 1.87 bits per heavy atom. The van der Waals surface area contributed by atoms with Gasteiger partial charge in [0.2, 0.25) is 0 Å². The third-order valence-corrected chi connectivity index (χ3v) is 1.98. The monoisotopic (exact) mass is 202 g/mol. The first-order valence-corrected chi connectivity index (χ1v) is 5.21. The van der Waals surface area contributed by atoms with E-state index >= 15 is 0 Å². The van der Waals surface area contributed by atoms with Crippen LogP contribution in [0, 0.1) is 0 Å². The average Bonchev–Trinajstić information content (AvgIpc) is 2.20. The largest absolute Gasteiger partial charge is 0.490 e. The first-order chi connectivity index (χ1) is 7.22. The molecule has 1 aromatic carbocycles. The molecule has 1 aromatic rings. The average molecular weight is 202 g/mol. The Kier molecular flexibility index (Phi) is 4.69. The Bertz CT molecular complexity index is 340. The summed E-state index contributed by atoms with van der Waals surface area (Å²) in [5.41, 5.74) is 2.48. The molecule has 0 heterocycles. The fourth-order valence-electron chi connectivity index (χ4n) is 1.17. The summed E-state index contributed by atoms with van der Waals surface area (Å²) >= 11 is 0. The second-order valence-electron chi connectivity index (χ2n) is 3.66. The second-order valence-corrected chi connectivity index (χ2v) is 3.66. The van der Waals surface area contributed by atoms with Gasteiger partial charge in [0.15, 0.2) is 0 Å². The van der Waals surface area contributed by atoms with Gasteiger partial charge in [0.25, 0.3) is 0 Å². The van der Waals surface area contributed by atoms with E-state index in [2.05, 4.69) is 38.1 Å². The molecule has 0 spiro atoms. The lowest BCUT2D eigenvalue weighted by atomic mass is 10.2.